The third-order valence-corrected chi connectivity index (χ3v) is 3.23. The van der Waals surface area contributed by atoms with Crippen LogP contribution in [0.2, 0.25) is 10.0 Å². The van der Waals surface area contributed by atoms with Gasteiger partial charge in [0, 0.05) is 11.1 Å². The normalized spacial score (nSPS) is 10.2. The summed E-state index contributed by atoms with van der Waals surface area (Å²) in [4.78, 5) is 10.3. The molecule has 0 atom stereocenters. The second-order valence-corrected chi connectivity index (χ2v) is 4.96. The quantitative estimate of drug-likeness (QED) is 0.495. The molecule has 0 amide bonds. The summed E-state index contributed by atoms with van der Waals surface area (Å²) in [5.41, 5.74) is 3.11. The van der Waals surface area contributed by atoms with Crippen LogP contribution in [0.5, 0.6) is 5.75 Å². The number of hydrazine groups is 1. The van der Waals surface area contributed by atoms with E-state index in [0.29, 0.717) is 21.4 Å². The van der Waals surface area contributed by atoms with Gasteiger partial charge in [0.2, 0.25) is 0 Å². The van der Waals surface area contributed by atoms with Crippen molar-refractivity contribution < 1.29 is 9.66 Å². The molecule has 2 rings (SSSR count). The van der Waals surface area contributed by atoms with Crippen molar-refractivity contribution >= 4 is 34.6 Å². The van der Waals surface area contributed by atoms with E-state index in [-0.39, 0.29) is 18.0 Å². The van der Waals surface area contributed by atoms with Crippen LogP contribution in [-0.4, -0.2) is 4.92 Å². The number of hydrogen-bond acceptors (Lipinski definition) is 5. The predicted molar refractivity (Wildman–Crippen MR) is 81.7 cm³/mol. The Morgan fingerprint density at radius 1 is 1.24 bits per heavy atom. The van der Waals surface area contributed by atoms with Gasteiger partial charge >= 0.3 is 0 Å². The van der Waals surface area contributed by atoms with E-state index >= 15 is 0 Å². The molecule has 0 aliphatic carbocycles. The lowest BCUT2D eigenvalue weighted by Crippen LogP contribution is -2.10. The van der Waals surface area contributed by atoms with Crippen LogP contribution >= 0.6 is 23.2 Å². The number of halogens is 2. The highest BCUT2D eigenvalue weighted by molar-refractivity contribution is 6.35. The van der Waals surface area contributed by atoms with E-state index in [1.165, 1.54) is 6.07 Å². The van der Waals surface area contributed by atoms with Gasteiger partial charge in [-0.05, 0) is 35.9 Å². The minimum Gasteiger partial charge on any atom is -0.487 e. The molecule has 0 saturated carbocycles. The van der Waals surface area contributed by atoms with E-state index in [1.54, 1.807) is 30.3 Å². The zero-order valence-electron chi connectivity index (χ0n) is 10.7. The van der Waals surface area contributed by atoms with E-state index in [2.05, 4.69) is 5.43 Å². The molecule has 3 N–H and O–H groups in total. The van der Waals surface area contributed by atoms with Crippen molar-refractivity contribution in [2.24, 2.45) is 5.84 Å². The van der Waals surface area contributed by atoms with Gasteiger partial charge < -0.3 is 10.2 Å². The van der Waals surface area contributed by atoms with Crippen molar-refractivity contribution in [2.45, 2.75) is 6.61 Å². The lowest BCUT2D eigenvalue weighted by atomic mass is 10.2. The summed E-state index contributed by atoms with van der Waals surface area (Å²) in [5.74, 6) is 5.75. The molecule has 0 aromatic heterocycles. The third-order valence-electron chi connectivity index (χ3n) is 2.70. The zero-order valence-corrected chi connectivity index (χ0v) is 12.2. The Balaban J connectivity index is 2.15. The number of nitrogens with two attached hydrogens (primary N) is 1. The van der Waals surface area contributed by atoms with Gasteiger partial charge in [0.05, 0.1) is 9.95 Å². The van der Waals surface area contributed by atoms with E-state index in [4.69, 9.17) is 33.8 Å². The van der Waals surface area contributed by atoms with Crippen molar-refractivity contribution in [2.75, 3.05) is 5.43 Å². The number of rotatable bonds is 5. The minimum absolute atomic E-state index is 0.106. The minimum atomic E-state index is -0.518. The maximum Gasteiger partial charge on any atom is 0.293 e. The molecule has 0 spiro atoms. The third kappa shape index (κ3) is 3.75. The summed E-state index contributed by atoms with van der Waals surface area (Å²) in [6.45, 7) is 0.189. The maximum absolute atomic E-state index is 10.8. The average Bonchev–Trinajstić information content (AvgIpc) is 2.45. The zero-order chi connectivity index (χ0) is 15.4. The molecule has 8 heteroatoms. The molecule has 0 bridgehead atoms. The fourth-order valence-corrected chi connectivity index (χ4v) is 2.16. The molecule has 0 aliphatic rings. The van der Waals surface area contributed by atoms with Gasteiger partial charge in [-0.15, -0.1) is 0 Å². The van der Waals surface area contributed by atoms with Crippen LogP contribution in [0.3, 0.4) is 0 Å². The van der Waals surface area contributed by atoms with Gasteiger partial charge in [-0.25, -0.2) is 0 Å². The number of anilines is 1. The van der Waals surface area contributed by atoms with Crippen LogP contribution < -0.4 is 16.0 Å². The Labute approximate surface area is 130 Å². The topological polar surface area (TPSA) is 90.4 Å². The van der Waals surface area contributed by atoms with Gasteiger partial charge in [0.1, 0.15) is 18.0 Å². The van der Waals surface area contributed by atoms with E-state index in [1.807, 2.05) is 0 Å². The van der Waals surface area contributed by atoms with Gasteiger partial charge in [-0.2, -0.15) is 0 Å². The molecular weight excluding hydrogens is 317 g/mol. The van der Waals surface area contributed by atoms with Crippen molar-refractivity contribution in [3.63, 3.8) is 0 Å². The molecule has 0 fully saturated rings. The predicted octanol–water partition coefficient (Wildman–Crippen LogP) is 3.77. The van der Waals surface area contributed by atoms with Gasteiger partial charge in [-0.1, -0.05) is 23.2 Å². The molecule has 0 heterocycles. The Kier molecular flexibility index (Phi) is 4.85. The van der Waals surface area contributed by atoms with Gasteiger partial charge in [0.15, 0.2) is 0 Å². The molecule has 0 saturated heterocycles. The van der Waals surface area contributed by atoms with Gasteiger partial charge in [-0.3, -0.25) is 16.0 Å². The first kappa shape index (κ1) is 15.4. The highest BCUT2D eigenvalue weighted by Gasteiger charge is 2.13. The second kappa shape index (κ2) is 6.62. The summed E-state index contributed by atoms with van der Waals surface area (Å²) in [7, 11) is 0. The van der Waals surface area contributed by atoms with Crippen molar-refractivity contribution in [1.29, 1.82) is 0 Å². The van der Waals surface area contributed by atoms with Crippen molar-refractivity contribution in [3.05, 3.63) is 62.1 Å². The largest absolute Gasteiger partial charge is 0.487 e. The number of nitrogens with one attached hydrogen (secondary N) is 1. The summed E-state index contributed by atoms with van der Waals surface area (Å²) in [6, 6.07) is 9.37. The van der Waals surface area contributed by atoms with Crippen molar-refractivity contribution in [3.8, 4) is 5.75 Å². The molecule has 6 nitrogen and oxygen atoms in total. The van der Waals surface area contributed by atoms with Crippen LogP contribution in [0.25, 0.3) is 0 Å². The second-order valence-electron chi connectivity index (χ2n) is 4.12. The maximum atomic E-state index is 10.8. The Bertz CT molecular complexity index is 680. The number of nitro groups is 1. The Morgan fingerprint density at radius 2 is 2.00 bits per heavy atom. The number of hydrogen-bond donors (Lipinski definition) is 2. The smallest absolute Gasteiger partial charge is 0.293 e. The first-order chi connectivity index (χ1) is 10.0. The molecule has 0 aliphatic heterocycles. The number of nitrogen functional groups attached to an aromatic ring is 1. The molecule has 110 valence electrons. The molecule has 2 aromatic rings. The van der Waals surface area contributed by atoms with E-state index in [9.17, 15) is 10.1 Å². The van der Waals surface area contributed by atoms with Crippen LogP contribution in [0.1, 0.15) is 5.56 Å². The average molecular weight is 328 g/mol. The standard InChI is InChI=1S/C13H11Cl2N3O3/c14-9-2-4-13(10(15)6-9)21-7-8-1-3-12(18(19)20)11(5-8)17-16/h1-6,17H,7,16H2. The Hall–Kier alpha value is -2.02. The summed E-state index contributed by atoms with van der Waals surface area (Å²) >= 11 is 11.8. The van der Waals surface area contributed by atoms with Crippen molar-refractivity contribution in [1.82, 2.24) is 0 Å². The lowest BCUT2D eigenvalue weighted by Gasteiger charge is -2.09. The SMILES string of the molecule is NNc1cc(COc2ccc(Cl)cc2Cl)ccc1[N+](=O)[O-]. The summed E-state index contributed by atoms with van der Waals surface area (Å²) in [5, 5.41) is 11.7. The van der Waals surface area contributed by atoms with Crippen LogP contribution in [0, 0.1) is 10.1 Å². The van der Waals surface area contributed by atoms with Crippen LogP contribution in [-0.2, 0) is 6.61 Å². The highest BCUT2D eigenvalue weighted by Crippen LogP contribution is 2.29. The molecular formula is C13H11Cl2N3O3. The van der Waals surface area contributed by atoms with Crippen LogP contribution in [0.4, 0.5) is 11.4 Å². The first-order valence-corrected chi connectivity index (χ1v) is 6.58. The Morgan fingerprint density at radius 3 is 2.62 bits per heavy atom. The molecule has 0 unspecified atom stereocenters. The van der Waals surface area contributed by atoms with E-state index < -0.39 is 4.92 Å². The van der Waals surface area contributed by atoms with Crippen LogP contribution in [0.15, 0.2) is 36.4 Å². The highest BCUT2D eigenvalue weighted by atomic mass is 35.5. The molecule has 2 aromatic carbocycles. The number of ether oxygens (including phenoxy) is 1. The lowest BCUT2D eigenvalue weighted by molar-refractivity contribution is -0.384. The summed E-state index contributed by atoms with van der Waals surface area (Å²) in [6.07, 6.45) is 0. The van der Waals surface area contributed by atoms with E-state index in [0.717, 1.165) is 0 Å². The fourth-order valence-electron chi connectivity index (χ4n) is 1.70. The monoisotopic (exact) mass is 327 g/mol. The first-order valence-electron chi connectivity index (χ1n) is 5.83. The number of benzene rings is 2. The number of nitro benzene ring substituents is 1. The fraction of sp³-hybridized carbons (Fsp3) is 0.0769. The molecule has 0 radical (unpaired) electrons. The molecule has 21 heavy (non-hydrogen) atoms. The summed E-state index contributed by atoms with van der Waals surface area (Å²) < 4.78 is 5.55. The van der Waals surface area contributed by atoms with Gasteiger partial charge in [0.25, 0.3) is 5.69 Å². The number of nitrogens with zero attached hydrogens (tertiary/aromatic N) is 1.